The third kappa shape index (κ3) is 4.02. The van der Waals surface area contributed by atoms with Crippen LogP contribution in [-0.4, -0.2) is 19.6 Å². The minimum Gasteiger partial charge on any atom is -0.507 e. The quantitative estimate of drug-likeness (QED) is 0.225. The third-order valence-electron chi connectivity index (χ3n) is 8.59. The number of furan rings is 1. The maximum Gasteiger partial charge on any atom is 0.143 e. The third-order valence-corrected chi connectivity index (χ3v) is 8.59. The Bertz CT molecular complexity index is 2580. The lowest BCUT2D eigenvalue weighted by molar-refractivity contribution is 0.477. The molecule has 0 amide bonds. The van der Waals surface area contributed by atoms with E-state index in [1.165, 1.54) is 0 Å². The van der Waals surface area contributed by atoms with Gasteiger partial charge in [-0.2, -0.15) is 0 Å². The molecule has 5 nitrogen and oxygen atoms in total. The van der Waals surface area contributed by atoms with Gasteiger partial charge < -0.3 is 9.52 Å². The molecule has 0 aliphatic carbocycles. The number of hydrogen-bond acceptors (Lipinski definition) is 4. The Morgan fingerprint density at radius 3 is 2.20 bits per heavy atom. The molecule has 4 aromatic heterocycles. The SMILES string of the molecule is Oc1ccccc1-c1ccc2c3ccccc3n(-c3cccc(-c4cc(-c5cccc6c5oc5ccccc56)ccn4)n3)c2c1. The fourth-order valence-electron chi connectivity index (χ4n) is 6.51. The summed E-state index contributed by atoms with van der Waals surface area (Å²) >= 11 is 0. The number of aromatic nitrogens is 3. The van der Waals surface area contributed by atoms with Crippen molar-refractivity contribution in [3.8, 4) is 45.2 Å². The number of phenolic OH excluding ortho intramolecular Hbond substituents is 1. The van der Waals surface area contributed by atoms with E-state index in [1.54, 1.807) is 6.07 Å². The number of pyridine rings is 2. The molecule has 5 aromatic carbocycles. The van der Waals surface area contributed by atoms with E-state index in [2.05, 4.69) is 77.4 Å². The Kier molecular flexibility index (Phi) is 5.59. The number of nitrogens with zero attached hydrogens (tertiary/aromatic N) is 3. The molecule has 0 atom stereocenters. The summed E-state index contributed by atoms with van der Waals surface area (Å²) in [6, 6.07) is 46.7. The molecule has 0 bridgehead atoms. The molecule has 9 aromatic rings. The standard InChI is InChI=1S/C40H25N3O2/c44-37-16-5-2-9-27(37)25-19-20-30-29-10-1-4-15-35(29)43(36(30)24-25)39-18-8-14-33(42-39)34-23-26(21-22-41-34)28-12-7-13-32-31-11-3-6-17-38(31)45-40(28)32/h1-24,44H. The van der Waals surface area contributed by atoms with Crippen LogP contribution < -0.4 is 0 Å². The number of fused-ring (bicyclic) bond motifs is 6. The summed E-state index contributed by atoms with van der Waals surface area (Å²) in [6.07, 6.45) is 1.83. The predicted octanol–water partition coefficient (Wildman–Crippen LogP) is 10.2. The fourth-order valence-corrected chi connectivity index (χ4v) is 6.51. The molecule has 212 valence electrons. The topological polar surface area (TPSA) is 64.1 Å². The molecular weight excluding hydrogens is 554 g/mol. The Morgan fingerprint density at radius 2 is 1.27 bits per heavy atom. The predicted molar refractivity (Wildman–Crippen MR) is 182 cm³/mol. The number of rotatable bonds is 4. The summed E-state index contributed by atoms with van der Waals surface area (Å²) in [5.74, 6) is 1.05. The second-order valence-electron chi connectivity index (χ2n) is 11.2. The summed E-state index contributed by atoms with van der Waals surface area (Å²) in [5.41, 5.74) is 9.12. The highest BCUT2D eigenvalue weighted by molar-refractivity contribution is 6.11. The van der Waals surface area contributed by atoms with Crippen molar-refractivity contribution >= 4 is 43.7 Å². The molecule has 5 heteroatoms. The van der Waals surface area contributed by atoms with E-state index in [9.17, 15) is 5.11 Å². The van der Waals surface area contributed by atoms with Crippen LogP contribution in [0.5, 0.6) is 5.75 Å². The van der Waals surface area contributed by atoms with Gasteiger partial charge in [0.2, 0.25) is 0 Å². The van der Waals surface area contributed by atoms with Gasteiger partial charge in [-0.25, -0.2) is 4.98 Å². The number of benzene rings is 5. The Hall–Kier alpha value is -6.20. The Morgan fingerprint density at radius 1 is 0.533 bits per heavy atom. The lowest BCUT2D eigenvalue weighted by atomic mass is 10.0. The zero-order valence-corrected chi connectivity index (χ0v) is 24.1. The van der Waals surface area contributed by atoms with Gasteiger partial charge in [-0.1, -0.05) is 91.0 Å². The van der Waals surface area contributed by atoms with Crippen molar-refractivity contribution in [1.29, 1.82) is 0 Å². The second kappa shape index (κ2) is 9.93. The zero-order valence-electron chi connectivity index (χ0n) is 24.1. The van der Waals surface area contributed by atoms with Gasteiger partial charge in [0.05, 0.1) is 22.4 Å². The van der Waals surface area contributed by atoms with Crippen LogP contribution in [0, 0.1) is 0 Å². The number of phenols is 1. The van der Waals surface area contributed by atoms with Gasteiger partial charge in [-0.05, 0) is 59.7 Å². The monoisotopic (exact) mass is 579 g/mol. The van der Waals surface area contributed by atoms with Crippen LogP contribution in [0.15, 0.2) is 150 Å². The summed E-state index contributed by atoms with van der Waals surface area (Å²) in [5, 5.41) is 15.1. The van der Waals surface area contributed by atoms with Crippen LogP contribution in [0.2, 0.25) is 0 Å². The summed E-state index contributed by atoms with van der Waals surface area (Å²) in [7, 11) is 0. The average Bonchev–Trinajstić information content (AvgIpc) is 3.64. The van der Waals surface area contributed by atoms with Crippen molar-refractivity contribution in [3.05, 3.63) is 146 Å². The molecule has 0 saturated carbocycles. The largest absolute Gasteiger partial charge is 0.507 e. The van der Waals surface area contributed by atoms with Crippen molar-refractivity contribution in [2.75, 3.05) is 0 Å². The normalized spacial score (nSPS) is 11.6. The maximum absolute atomic E-state index is 10.6. The van der Waals surface area contributed by atoms with E-state index < -0.39 is 0 Å². The number of hydrogen-bond donors (Lipinski definition) is 1. The van der Waals surface area contributed by atoms with Crippen LogP contribution in [-0.2, 0) is 0 Å². The van der Waals surface area contributed by atoms with E-state index in [4.69, 9.17) is 14.4 Å². The summed E-state index contributed by atoms with van der Waals surface area (Å²) in [6.45, 7) is 0. The van der Waals surface area contributed by atoms with Gasteiger partial charge in [0.15, 0.2) is 0 Å². The molecule has 0 saturated heterocycles. The number of aromatic hydroxyl groups is 1. The van der Waals surface area contributed by atoms with Crippen molar-refractivity contribution in [2.45, 2.75) is 0 Å². The van der Waals surface area contributed by atoms with Crippen molar-refractivity contribution in [3.63, 3.8) is 0 Å². The first kappa shape index (κ1) is 25.3. The van der Waals surface area contributed by atoms with Gasteiger partial charge in [0.1, 0.15) is 22.7 Å². The minimum absolute atomic E-state index is 0.254. The van der Waals surface area contributed by atoms with Crippen molar-refractivity contribution in [2.24, 2.45) is 0 Å². The molecule has 1 N–H and O–H groups in total. The van der Waals surface area contributed by atoms with E-state index in [1.807, 2.05) is 66.9 Å². The van der Waals surface area contributed by atoms with Crippen LogP contribution in [0.25, 0.3) is 83.2 Å². The summed E-state index contributed by atoms with van der Waals surface area (Å²) < 4.78 is 8.52. The molecular formula is C40H25N3O2. The van der Waals surface area contributed by atoms with Crippen molar-refractivity contribution < 1.29 is 9.52 Å². The molecule has 0 radical (unpaired) electrons. The summed E-state index contributed by atoms with van der Waals surface area (Å²) in [4.78, 5) is 9.90. The van der Waals surface area contributed by atoms with E-state index >= 15 is 0 Å². The maximum atomic E-state index is 10.6. The highest BCUT2D eigenvalue weighted by Gasteiger charge is 2.17. The molecule has 0 aliphatic rings. The highest BCUT2D eigenvalue weighted by Crippen LogP contribution is 2.38. The van der Waals surface area contributed by atoms with Gasteiger partial charge in [0, 0.05) is 38.9 Å². The second-order valence-corrected chi connectivity index (χ2v) is 11.2. The lowest BCUT2D eigenvalue weighted by Crippen LogP contribution is -1.99. The van der Waals surface area contributed by atoms with Gasteiger partial charge in [-0.15, -0.1) is 0 Å². The first-order valence-electron chi connectivity index (χ1n) is 14.9. The zero-order chi connectivity index (χ0) is 29.9. The van der Waals surface area contributed by atoms with Crippen LogP contribution in [0.4, 0.5) is 0 Å². The van der Waals surface area contributed by atoms with E-state index in [-0.39, 0.29) is 5.75 Å². The first-order valence-corrected chi connectivity index (χ1v) is 14.9. The number of para-hydroxylation sites is 4. The van der Waals surface area contributed by atoms with Crippen LogP contribution in [0.1, 0.15) is 0 Å². The van der Waals surface area contributed by atoms with E-state index in [0.717, 1.165) is 83.2 Å². The van der Waals surface area contributed by atoms with E-state index in [0.29, 0.717) is 0 Å². The average molecular weight is 580 g/mol. The molecule has 9 rings (SSSR count). The minimum atomic E-state index is 0.254. The van der Waals surface area contributed by atoms with Gasteiger partial charge in [-0.3, -0.25) is 9.55 Å². The Labute approximate surface area is 258 Å². The Balaban J connectivity index is 1.20. The smallest absolute Gasteiger partial charge is 0.143 e. The van der Waals surface area contributed by atoms with Crippen LogP contribution in [0.3, 0.4) is 0 Å². The van der Waals surface area contributed by atoms with Gasteiger partial charge in [0.25, 0.3) is 0 Å². The highest BCUT2D eigenvalue weighted by atomic mass is 16.3. The molecule has 4 heterocycles. The van der Waals surface area contributed by atoms with Gasteiger partial charge >= 0.3 is 0 Å². The molecule has 0 spiro atoms. The van der Waals surface area contributed by atoms with Crippen molar-refractivity contribution in [1.82, 2.24) is 14.5 Å². The molecule has 0 unspecified atom stereocenters. The molecule has 45 heavy (non-hydrogen) atoms. The fraction of sp³-hybridized carbons (Fsp3) is 0. The molecule has 0 fully saturated rings. The first-order chi connectivity index (χ1) is 22.2. The lowest BCUT2D eigenvalue weighted by Gasteiger charge is -2.11. The van der Waals surface area contributed by atoms with Crippen LogP contribution >= 0.6 is 0 Å². The molecule has 0 aliphatic heterocycles.